The first kappa shape index (κ1) is 16.8. The molecule has 0 atom stereocenters. The summed E-state index contributed by atoms with van der Waals surface area (Å²) in [5, 5.41) is 8.92. The largest absolute Gasteiger partial charge is 0.480 e. The molecule has 20 heavy (non-hydrogen) atoms. The molecule has 0 aromatic heterocycles. The molecule has 0 radical (unpaired) electrons. The first-order chi connectivity index (χ1) is 9.40. The van der Waals surface area contributed by atoms with Gasteiger partial charge in [-0.2, -0.15) is 0 Å². The highest BCUT2D eigenvalue weighted by atomic mass is 16.5. The molecule has 0 aromatic carbocycles. The van der Waals surface area contributed by atoms with Crippen molar-refractivity contribution in [1.82, 2.24) is 9.80 Å². The van der Waals surface area contributed by atoms with E-state index in [1.807, 2.05) is 13.8 Å². The quantitative estimate of drug-likeness (QED) is 0.803. The van der Waals surface area contributed by atoms with E-state index in [9.17, 15) is 9.59 Å². The Labute approximate surface area is 120 Å². The van der Waals surface area contributed by atoms with Crippen LogP contribution in [0.5, 0.6) is 0 Å². The summed E-state index contributed by atoms with van der Waals surface area (Å²) in [5.74, 6) is -0.281. The van der Waals surface area contributed by atoms with Crippen molar-refractivity contribution in [2.24, 2.45) is 11.8 Å². The molecule has 0 saturated carbocycles. The summed E-state index contributed by atoms with van der Waals surface area (Å²) in [7, 11) is 1.74. The van der Waals surface area contributed by atoms with Gasteiger partial charge in [0.25, 0.3) is 0 Å². The number of urea groups is 1. The van der Waals surface area contributed by atoms with Gasteiger partial charge in [0.1, 0.15) is 6.54 Å². The monoisotopic (exact) mass is 286 g/mol. The maximum Gasteiger partial charge on any atom is 0.323 e. The van der Waals surface area contributed by atoms with Crippen LogP contribution >= 0.6 is 0 Å². The number of carbonyl (C=O) groups excluding carboxylic acids is 1. The average Bonchev–Trinajstić information content (AvgIpc) is 2.37. The van der Waals surface area contributed by atoms with Crippen LogP contribution in [0.3, 0.4) is 0 Å². The number of hydrogen-bond donors (Lipinski definition) is 1. The number of carbonyl (C=O) groups is 2. The van der Waals surface area contributed by atoms with E-state index in [1.54, 1.807) is 11.9 Å². The maximum absolute atomic E-state index is 12.3. The summed E-state index contributed by atoms with van der Waals surface area (Å²) in [6.45, 7) is 6.32. The molecule has 6 heteroatoms. The van der Waals surface area contributed by atoms with Crippen molar-refractivity contribution in [3.05, 3.63) is 0 Å². The van der Waals surface area contributed by atoms with Crippen LogP contribution < -0.4 is 0 Å². The zero-order valence-electron chi connectivity index (χ0n) is 12.7. The molecule has 2 amide bonds. The SMILES string of the molecule is CC(C)CN(CC(=O)O)C(=O)N(C)CC1CCOCC1. The Hall–Kier alpha value is -1.30. The van der Waals surface area contributed by atoms with Gasteiger partial charge in [0.2, 0.25) is 0 Å². The standard InChI is InChI=1S/C14H26N2O4/c1-11(2)8-16(10-13(17)18)14(19)15(3)9-12-4-6-20-7-5-12/h11-12H,4-10H2,1-3H3,(H,17,18). The van der Waals surface area contributed by atoms with E-state index in [2.05, 4.69) is 0 Å². The first-order valence-corrected chi connectivity index (χ1v) is 7.19. The zero-order chi connectivity index (χ0) is 15.1. The van der Waals surface area contributed by atoms with Crippen LogP contribution in [0.4, 0.5) is 4.79 Å². The average molecular weight is 286 g/mol. The van der Waals surface area contributed by atoms with Gasteiger partial charge in [-0.1, -0.05) is 13.8 Å². The molecular weight excluding hydrogens is 260 g/mol. The number of ether oxygens (including phenoxy) is 1. The number of nitrogens with zero attached hydrogens (tertiary/aromatic N) is 2. The Morgan fingerprint density at radius 1 is 1.30 bits per heavy atom. The lowest BCUT2D eigenvalue weighted by molar-refractivity contribution is -0.137. The molecule has 1 aliphatic rings. The van der Waals surface area contributed by atoms with Crippen LogP contribution in [0.1, 0.15) is 26.7 Å². The molecule has 1 fully saturated rings. The number of amides is 2. The third-order valence-electron chi connectivity index (χ3n) is 3.38. The molecule has 1 aliphatic heterocycles. The predicted molar refractivity (Wildman–Crippen MR) is 75.6 cm³/mol. The van der Waals surface area contributed by atoms with E-state index in [4.69, 9.17) is 9.84 Å². The van der Waals surface area contributed by atoms with Gasteiger partial charge < -0.3 is 19.6 Å². The Morgan fingerprint density at radius 2 is 1.90 bits per heavy atom. The van der Waals surface area contributed by atoms with Crippen molar-refractivity contribution in [2.45, 2.75) is 26.7 Å². The summed E-state index contributed by atoms with van der Waals surface area (Å²) in [4.78, 5) is 26.3. The van der Waals surface area contributed by atoms with E-state index >= 15 is 0 Å². The smallest absolute Gasteiger partial charge is 0.323 e. The fraction of sp³-hybridized carbons (Fsp3) is 0.857. The number of carboxylic acids is 1. The predicted octanol–water partition coefficient (Wildman–Crippen LogP) is 1.51. The van der Waals surface area contributed by atoms with Gasteiger partial charge in [0.15, 0.2) is 0 Å². The lowest BCUT2D eigenvalue weighted by Gasteiger charge is -2.31. The summed E-state index contributed by atoms with van der Waals surface area (Å²) in [5.41, 5.74) is 0. The molecule has 0 aromatic rings. The van der Waals surface area contributed by atoms with Gasteiger partial charge >= 0.3 is 12.0 Å². The molecular formula is C14H26N2O4. The number of aliphatic carboxylic acids is 1. The highest BCUT2D eigenvalue weighted by Crippen LogP contribution is 2.16. The van der Waals surface area contributed by atoms with Crippen molar-refractivity contribution >= 4 is 12.0 Å². The zero-order valence-corrected chi connectivity index (χ0v) is 12.7. The van der Waals surface area contributed by atoms with E-state index in [1.165, 1.54) is 4.90 Å². The molecule has 0 spiro atoms. The lowest BCUT2D eigenvalue weighted by Crippen LogP contribution is -2.47. The second-order valence-corrected chi connectivity index (χ2v) is 5.89. The first-order valence-electron chi connectivity index (χ1n) is 7.19. The van der Waals surface area contributed by atoms with Gasteiger partial charge in [-0.15, -0.1) is 0 Å². The van der Waals surface area contributed by atoms with Crippen LogP contribution in [-0.4, -0.2) is 66.8 Å². The molecule has 0 aliphatic carbocycles. The Bertz CT molecular complexity index is 327. The van der Waals surface area contributed by atoms with Gasteiger partial charge in [-0.05, 0) is 24.7 Å². The van der Waals surface area contributed by atoms with E-state index in [0.29, 0.717) is 19.0 Å². The van der Waals surface area contributed by atoms with Crippen molar-refractivity contribution < 1.29 is 19.4 Å². The maximum atomic E-state index is 12.3. The van der Waals surface area contributed by atoms with Crippen molar-refractivity contribution in [3.63, 3.8) is 0 Å². The molecule has 0 unspecified atom stereocenters. The summed E-state index contributed by atoms with van der Waals surface area (Å²) in [6.07, 6.45) is 1.92. The van der Waals surface area contributed by atoms with E-state index in [0.717, 1.165) is 26.1 Å². The minimum absolute atomic E-state index is 0.201. The highest BCUT2D eigenvalue weighted by Gasteiger charge is 2.24. The fourth-order valence-electron chi connectivity index (χ4n) is 2.45. The minimum atomic E-state index is -0.974. The molecule has 1 heterocycles. The second kappa shape index (κ2) is 8.09. The lowest BCUT2D eigenvalue weighted by atomic mass is 10.00. The van der Waals surface area contributed by atoms with Gasteiger partial charge in [0.05, 0.1) is 0 Å². The topological polar surface area (TPSA) is 70.1 Å². The normalized spacial score (nSPS) is 16.2. The third kappa shape index (κ3) is 5.77. The van der Waals surface area contributed by atoms with E-state index in [-0.39, 0.29) is 18.5 Å². The van der Waals surface area contributed by atoms with Crippen molar-refractivity contribution in [1.29, 1.82) is 0 Å². The van der Waals surface area contributed by atoms with Gasteiger partial charge in [0, 0.05) is 33.4 Å². The fourth-order valence-corrected chi connectivity index (χ4v) is 2.45. The second-order valence-electron chi connectivity index (χ2n) is 5.89. The summed E-state index contributed by atoms with van der Waals surface area (Å²) in [6, 6.07) is -0.201. The van der Waals surface area contributed by atoms with Crippen LogP contribution in [0.25, 0.3) is 0 Å². The summed E-state index contributed by atoms with van der Waals surface area (Å²) < 4.78 is 5.30. The Balaban J connectivity index is 2.54. The molecule has 6 nitrogen and oxygen atoms in total. The van der Waals surface area contributed by atoms with Gasteiger partial charge in [-0.25, -0.2) is 4.79 Å². The number of rotatable bonds is 6. The molecule has 1 rings (SSSR count). The summed E-state index contributed by atoms with van der Waals surface area (Å²) >= 11 is 0. The minimum Gasteiger partial charge on any atom is -0.480 e. The van der Waals surface area contributed by atoms with Crippen LogP contribution in [-0.2, 0) is 9.53 Å². The number of carboxylic acid groups (broad SMARTS) is 1. The molecule has 0 bridgehead atoms. The van der Waals surface area contributed by atoms with Crippen LogP contribution in [0, 0.1) is 11.8 Å². The highest BCUT2D eigenvalue weighted by molar-refractivity contribution is 5.80. The van der Waals surface area contributed by atoms with Crippen LogP contribution in [0.15, 0.2) is 0 Å². The molecule has 1 saturated heterocycles. The number of hydrogen-bond acceptors (Lipinski definition) is 3. The van der Waals surface area contributed by atoms with Gasteiger partial charge in [-0.3, -0.25) is 4.79 Å². The van der Waals surface area contributed by atoms with E-state index < -0.39 is 5.97 Å². The van der Waals surface area contributed by atoms with Crippen LogP contribution in [0.2, 0.25) is 0 Å². The Morgan fingerprint density at radius 3 is 2.40 bits per heavy atom. The van der Waals surface area contributed by atoms with Crippen molar-refractivity contribution in [3.8, 4) is 0 Å². The Kier molecular flexibility index (Phi) is 6.78. The third-order valence-corrected chi connectivity index (χ3v) is 3.38. The molecule has 1 N–H and O–H groups in total. The van der Waals surface area contributed by atoms with Crippen molar-refractivity contribution in [2.75, 3.05) is 39.9 Å². The molecule has 116 valence electrons.